The molecule has 1 aromatic heterocycles. The summed E-state index contributed by atoms with van der Waals surface area (Å²) in [5.74, 6) is 0.794. The number of rotatable bonds is 8. The molecular formula is C34H41ClN8O3. The highest BCUT2D eigenvalue weighted by molar-refractivity contribution is 6.36. The molecule has 1 N–H and O–H groups in total. The topological polar surface area (TPSA) is 112 Å². The van der Waals surface area contributed by atoms with E-state index >= 15 is 0 Å². The van der Waals surface area contributed by atoms with Crippen LogP contribution in [0.4, 0.5) is 16.3 Å². The lowest BCUT2D eigenvalue weighted by atomic mass is 10.0. The van der Waals surface area contributed by atoms with Gasteiger partial charge < -0.3 is 29.4 Å². The number of carboxylic acid groups (broad SMARTS) is 1. The van der Waals surface area contributed by atoms with Crippen molar-refractivity contribution in [1.29, 1.82) is 5.26 Å². The predicted octanol–water partition coefficient (Wildman–Crippen LogP) is 4.48. The molecule has 2 saturated heterocycles. The van der Waals surface area contributed by atoms with Crippen molar-refractivity contribution in [2.75, 3.05) is 69.8 Å². The number of likely N-dealkylation sites (N-methyl/N-ethyl adjacent to an activating group) is 1. The number of halogens is 1. The van der Waals surface area contributed by atoms with Gasteiger partial charge in [0, 0.05) is 61.9 Å². The molecule has 46 heavy (non-hydrogen) atoms. The zero-order chi connectivity index (χ0) is 32.0. The highest BCUT2D eigenvalue weighted by Crippen LogP contribution is 2.44. The number of amides is 1. The first-order valence-electron chi connectivity index (χ1n) is 16.2. The molecule has 1 saturated carbocycles. The minimum absolute atomic E-state index is 0.0287. The molecule has 3 fully saturated rings. The first-order valence-corrected chi connectivity index (χ1v) is 16.6. The second-order valence-corrected chi connectivity index (χ2v) is 13.8. The molecule has 1 amide bonds. The lowest BCUT2D eigenvalue weighted by molar-refractivity contribution is 0.118. The van der Waals surface area contributed by atoms with E-state index in [1.807, 2.05) is 12.1 Å². The van der Waals surface area contributed by atoms with E-state index < -0.39 is 12.1 Å². The van der Waals surface area contributed by atoms with Gasteiger partial charge in [-0.15, -0.1) is 0 Å². The zero-order valence-electron chi connectivity index (χ0n) is 26.5. The third kappa shape index (κ3) is 5.78. The second-order valence-electron chi connectivity index (χ2n) is 13.3. The van der Waals surface area contributed by atoms with E-state index in [1.165, 1.54) is 4.90 Å². The Bertz CT molecular complexity index is 1670. The average molecular weight is 645 g/mol. The van der Waals surface area contributed by atoms with E-state index in [9.17, 15) is 15.2 Å². The Labute approximate surface area is 274 Å². The number of fused-ring (bicyclic) bond motifs is 2. The molecule has 2 aromatic carbocycles. The quantitative estimate of drug-likeness (QED) is 0.377. The van der Waals surface area contributed by atoms with Crippen LogP contribution in [-0.4, -0.2) is 113 Å². The number of hydrogen-bond acceptors (Lipinski definition) is 9. The van der Waals surface area contributed by atoms with Gasteiger partial charge in [-0.2, -0.15) is 15.2 Å². The Hall–Kier alpha value is -3.85. The minimum Gasteiger partial charge on any atom is -0.465 e. The number of carbonyl (C=O) groups is 1. The lowest BCUT2D eigenvalue weighted by Gasteiger charge is -2.41. The molecule has 0 bridgehead atoms. The number of nitrogens with zero attached hydrogens (tertiary/aromatic N) is 8. The Kier molecular flexibility index (Phi) is 8.30. The maximum Gasteiger partial charge on any atom is 0.407 e. The van der Waals surface area contributed by atoms with Crippen LogP contribution in [0.25, 0.3) is 10.8 Å². The first kappa shape index (κ1) is 30.8. The van der Waals surface area contributed by atoms with Gasteiger partial charge in [0.05, 0.1) is 41.3 Å². The summed E-state index contributed by atoms with van der Waals surface area (Å²) in [7, 11) is 4.30. The van der Waals surface area contributed by atoms with Gasteiger partial charge in [0.15, 0.2) is 0 Å². The SMILES string of the molecule is CN(C)C1CCN(C2(COc3nc4c(c(N5CCN(C(=O)O)[C@@H](CC#N)C5)n3)CCN(c3cccc5cccc(Cl)c35)C4)CC2)C1. The molecule has 12 heteroatoms. The smallest absolute Gasteiger partial charge is 0.407 e. The Morgan fingerprint density at radius 2 is 1.91 bits per heavy atom. The van der Waals surface area contributed by atoms with Gasteiger partial charge in [0.25, 0.3) is 0 Å². The normalized spacial score (nSPS) is 22.6. The molecule has 1 unspecified atom stereocenters. The largest absolute Gasteiger partial charge is 0.465 e. The van der Waals surface area contributed by atoms with Gasteiger partial charge in [-0.05, 0) is 57.3 Å². The molecule has 3 aromatic rings. The third-order valence-corrected chi connectivity index (χ3v) is 10.7. The number of piperazine rings is 1. The molecule has 7 rings (SSSR count). The summed E-state index contributed by atoms with van der Waals surface area (Å²) in [6.45, 7) is 5.18. The molecule has 1 aliphatic carbocycles. The first-order chi connectivity index (χ1) is 22.3. The van der Waals surface area contributed by atoms with Crippen molar-refractivity contribution in [3.05, 3.63) is 52.7 Å². The summed E-state index contributed by atoms with van der Waals surface area (Å²) in [6.07, 6.45) is 3.22. The van der Waals surface area contributed by atoms with Gasteiger partial charge in [-0.1, -0.05) is 35.9 Å². The Morgan fingerprint density at radius 1 is 1.11 bits per heavy atom. The molecule has 3 aliphatic heterocycles. The van der Waals surface area contributed by atoms with Gasteiger partial charge in [-0.3, -0.25) is 4.90 Å². The van der Waals surface area contributed by atoms with Crippen molar-refractivity contribution in [1.82, 2.24) is 24.7 Å². The number of benzene rings is 2. The van der Waals surface area contributed by atoms with E-state index in [1.54, 1.807) is 0 Å². The molecule has 11 nitrogen and oxygen atoms in total. The fraction of sp³-hybridized carbons (Fsp3) is 0.529. The monoisotopic (exact) mass is 644 g/mol. The highest BCUT2D eigenvalue weighted by atomic mass is 35.5. The van der Waals surface area contributed by atoms with Crippen LogP contribution < -0.4 is 14.5 Å². The lowest BCUT2D eigenvalue weighted by Crippen LogP contribution is -2.55. The number of aromatic nitrogens is 2. The molecule has 4 heterocycles. The fourth-order valence-electron chi connectivity index (χ4n) is 7.53. The summed E-state index contributed by atoms with van der Waals surface area (Å²) in [5, 5.41) is 22.1. The van der Waals surface area contributed by atoms with Crippen molar-refractivity contribution >= 4 is 40.0 Å². The minimum atomic E-state index is -0.994. The van der Waals surface area contributed by atoms with Crippen LogP contribution in [0.1, 0.15) is 36.9 Å². The predicted molar refractivity (Wildman–Crippen MR) is 178 cm³/mol. The molecule has 0 radical (unpaired) electrons. The van der Waals surface area contributed by atoms with E-state index in [2.05, 4.69) is 64.0 Å². The maximum atomic E-state index is 11.9. The van der Waals surface area contributed by atoms with Crippen LogP contribution in [0.3, 0.4) is 0 Å². The molecular weight excluding hydrogens is 604 g/mol. The number of anilines is 2. The van der Waals surface area contributed by atoms with E-state index in [-0.39, 0.29) is 12.0 Å². The number of ether oxygens (including phenoxy) is 1. The van der Waals surface area contributed by atoms with Crippen molar-refractivity contribution < 1.29 is 14.6 Å². The van der Waals surface area contributed by atoms with Crippen LogP contribution in [0.5, 0.6) is 6.01 Å². The van der Waals surface area contributed by atoms with E-state index in [4.69, 9.17) is 26.3 Å². The Balaban J connectivity index is 1.20. The zero-order valence-corrected chi connectivity index (χ0v) is 27.3. The standard InChI is InChI=1S/C34H41ClN8O3/c1-39(2)24-10-16-42(20-24)34(12-13-34)22-46-32-37-28-21-40(29-8-4-6-23-5-3-7-27(35)30(23)29)15-11-26(28)31(38-32)41-17-18-43(33(44)45)25(19-41)9-14-36/h3-8,24-25H,9-13,15-22H2,1-2H3,(H,44,45)/t24?,25-/m0/s1. The number of likely N-dealkylation sites (tertiary alicyclic amines) is 1. The van der Waals surface area contributed by atoms with Crippen LogP contribution in [-0.2, 0) is 13.0 Å². The van der Waals surface area contributed by atoms with Crippen molar-refractivity contribution in [2.24, 2.45) is 0 Å². The maximum absolute atomic E-state index is 11.9. The second kappa shape index (κ2) is 12.4. The van der Waals surface area contributed by atoms with Crippen molar-refractivity contribution in [2.45, 2.75) is 56.3 Å². The van der Waals surface area contributed by atoms with Gasteiger partial charge >= 0.3 is 12.1 Å². The van der Waals surface area contributed by atoms with Crippen molar-refractivity contribution in [3.8, 4) is 12.1 Å². The fourth-order valence-corrected chi connectivity index (χ4v) is 7.81. The van der Waals surface area contributed by atoms with E-state index in [0.717, 1.165) is 83.9 Å². The number of nitriles is 1. The summed E-state index contributed by atoms with van der Waals surface area (Å²) in [5.41, 5.74) is 3.07. The van der Waals surface area contributed by atoms with Crippen LogP contribution in [0, 0.1) is 11.3 Å². The summed E-state index contributed by atoms with van der Waals surface area (Å²) >= 11 is 6.72. The van der Waals surface area contributed by atoms with Crippen molar-refractivity contribution in [3.63, 3.8) is 0 Å². The molecule has 242 valence electrons. The molecule has 0 spiro atoms. The number of hydrogen-bond donors (Lipinski definition) is 1. The van der Waals surface area contributed by atoms with Gasteiger partial charge in [0.1, 0.15) is 12.4 Å². The molecule has 2 atom stereocenters. The third-order valence-electron chi connectivity index (χ3n) is 10.4. The van der Waals surface area contributed by atoms with Crippen LogP contribution in [0.2, 0.25) is 5.02 Å². The van der Waals surface area contributed by atoms with E-state index in [0.29, 0.717) is 44.8 Å². The highest BCUT2D eigenvalue weighted by Gasteiger charge is 2.51. The van der Waals surface area contributed by atoms with Crippen LogP contribution in [0.15, 0.2) is 36.4 Å². The Morgan fingerprint density at radius 3 is 2.63 bits per heavy atom. The summed E-state index contributed by atoms with van der Waals surface area (Å²) in [6, 6.07) is 14.9. The van der Waals surface area contributed by atoms with Crippen LogP contribution >= 0.6 is 11.6 Å². The summed E-state index contributed by atoms with van der Waals surface area (Å²) < 4.78 is 6.50. The summed E-state index contributed by atoms with van der Waals surface area (Å²) in [4.78, 5) is 32.7. The molecule has 4 aliphatic rings. The average Bonchev–Trinajstić information content (AvgIpc) is 3.67. The van der Waals surface area contributed by atoms with Gasteiger partial charge in [0.2, 0.25) is 0 Å². The van der Waals surface area contributed by atoms with Gasteiger partial charge in [-0.25, -0.2) is 4.79 Å².